The minimum Gasteiger partial charge on any atom is -0.461 e. The Bertz CT molecular complexity index is 1020. The number of ether oxygens (including phenoxy) is 2. The van der Waals surface area contributed by atoms with Crippen LogP contribution in [0.5, 0.6) is 0 Å². The third kappa shape index (κ3) is 2.93. The summed E-state index contributed by atoms with van der Waals surface area (Å²) in [5, 5.41) is 10.4. The fourth-order valence-corrected chi connectivity index (χ4v) is 5.45. The summed E-state index contributed by atoms with van der Waals surface area (Å²) in [7, 11) is 0. The van der Waals surface area contributed by atoms with Crippen molar-refractivity contribution in [1.29, 1.82) is 0 Å². The van der Waals surface area contributed by atoms with Crippen molar-refractivity contribution >= 4 is 35.1 Å². The molecular formula is C23H23ClN2O6. The van der Waals surface area contributed by atoms with Gasteiger partial charge < -0.3 is 24.4 Å². The summed E-state index contributed by atoms with van der Waals surface area (Å²) >= 11 is 6.01. The van der Waals surface area contributed by atoms with Gasteiger partial charge in [-0.15, -0.1) is 0 Å². The number of halogens is 1. The number of fused-ring (bicyclic) bond motifs is 2. The Kier molecular flexibility index (Phi) is 5.11. The molecule has 4 heterocycles. The maximum atomic E-state index is 13.9. The second kappa shape index (κ2) is 7.72. The summed E-state index contributed by atoms with van der Waals surface area (Å²) in [4.78, 5) is 43.4. The van der Waals surface area contributed by atoms with E-state index in [9.17, 15) is 19.5 Å². The Labute approximate surface area is 190 Å². The van der Waals surface area contributed by atoms with Gasteiger partial charge >= 0.3 is 5.97 Å². The molecule has 5 rings (SSSR count). The van der Waals surface area contributed by atoms with Gasteiger partial charge in [0.2, 0.25) is 5.91 Å². The summed E-state index contributed by atoms with van der Waals surface area (Å²) in [6.45, 7) is 1.72. The van der Waals surface area contributed by atoms with E-state index in [1.54, 1.807) is 60.4 Å². The van der Waals surface area contributed by atoms with Crippen molar-refractivity contribution < 1.29 is 29.0 Å². The minimum absolute atomic E-state index is 0.113. The van der Waals surface area contributed by atoms with Gasteiger partial charge in [0.1, 0.15) is 24.2 Å². The van der Waals surface area contributed by atoms with Gasteiger partial charge in [-0.05, 0) is 37.3 Å². The standard InChI is InChI=1S/C23H23ClN2O6/c1-13(12-27)26-19-21(29)25(15-7-5-14(24)6-8-15)10-3-9-23(19)18(20(26)28)17-16(32-23)4-2-11-31-22(17)30/h2-9,13,16-19,27H,10-12H2,1H3/t13?,16-,17+,18+,19-,23?/m1/s1. The minimum atomic E-state index is -1.34. The molecule has 0 saturated carbocycles. The maximum Gasteiger partial charge on any atom is 0.313 e. The lowest BCUT2D eigenvalue weighted by Crippen LogP contribution is -2.57. The van der Waals surface area contributed by atoms with Gasteiger partial charge in [0.05, 0.1) is 24.7 Å². The van der Waals surface area contributed by atoms with Crippen molar-refractivity contribution in [3.05, 3.63) is 53.6 Å². The molecule has 1 N–H and O–H groups in total. The molecule has 8 nitrogen and oxygen atoms in total. The number of hydrogen-bond acceptors (Lipinski definition) is 6. The van der Waals surface area contributed by atoms with Crippen molar-refractivity contribution in [2.75, 3.05) is 24.7 Å². The quantitative estimate of drug-likeness (QED) is 0.542. The largest absolute Gasteiger partial charge is 0.461 e. The van der Waals surface area contributed by atoms with Gasteiger partial charge in [0.25, 0.3) is 5.91 Å². The topological polar surface area (TPSA) is 96.4 Å². The third-order valence-corrected chi connectivity index (χ3v) is 6.98. The number of cyclic esters (lactones) is 1. The predicted octanol–water partition coefficient (Wildman–Crippen LogP) is 1.32. The van der Waals surface area contributed by atoms with Gasteiger partial charge in [-0.1, -0.05) is 29.8 Å². The number of carbonyl (C=O) groups excluding carboxylic acids is 3. The molecule has 1 aromatic carbocycles. The van der Waals surface area contributed by atoms with Crippen LogP contribution >= 0.6 is 11.6 Å². The number of carbonyl (C=O) groups is 3. The zero-order chi connectivity index (χ0) is 22.6. The van der Waals surface area contributed by atoms with Crippen LogP contribution in [-0.2, 0) is 23.9 Å². The molecule has 2 fully saturated rings. The number of rotatable bonds is 3. The van der Waals surface area contributed by atoms with Crippen LogP contribution in [0.1, 0.15) is 6.92 Å². The molecule has 9 heteroatoms. The maximum absolute atomic E-state index is 13.9. The first-order valence-corrected chi connectivity index (χ1v) is 11.0. The van der Waals surface area contributed by atoms with Crippen LogP contribution in [0.4, 0.5) is 5.69 Å². The molecular weight excluding hydrogens is 436 g/mol. The van der Waals surface area contributed by atoms with Gasteiger partial charge in [0.15, 0.2) is 0 Å². The highest BCUT2D eigenvalue weighted by atomic mass is 35.5. The number of esters is 1. The van der Waals surface area contributed by atoms with Crippen LogP contribution in [0.2, 0.25) is 5.02 Å². The van der Waals surface area contributed by atoms with E-state index in [2.05, 4.69) is 0 Å². The first kappa shape index (κ1) is 21.2. The Hall–Kier alpha value is -2.68. The SMILES string of the molecule is CC(CO)N1C(=O)[C@@H]2[C@H]3C(=O)OCC=C[C@H]3OC23C=CCN(c2ccc(Cl)cc2)C(=O)[C@@H]13. The highest BCUT2D eigenvalue weighted by Gasteiger charge is 2.72. The van der Waals surface area contributed by atoms with Gasteiger partial charge in [-0.3, -0.25) is 14.4 Å². The molecule has 2 amide bonds. The van der Waals surface area contributed by atoms with E-state index >= 15 is 0 Å². The molecule has 1 aromatic rings. The first-order chi connectivity index (χ1) is 15.4. The average molecular weight is 459 g/mol. The van der Waals surface area contributed by atoms with Crippen LogP contribution in [0.25, 0.3) is 0 Å². The summed E-state index contributed by atoms with van der Waals surface area (Å²) in [5.74, 6) is -3.05. The molecule has 1 spiro atoms. The van der Waals surface area contributed by atoms with E-state index in [1.165, 1.54) is 4.90 Å². The molecule has 0 aromatic heterocycles. The molecule has 32 heavy (non-hydrogen) atoms. The number of amides is 2. The summed E-state index contributed by atoms with van der Waals surface area (Å²) < 4.78 is 11.7. The molecule has 4 aliphatic heterocycles. The van der Waals surface area contributed by atoms with E-state index in [0.29, 0.717) is 10.7 Å². The van der Waals surface area contributed by atoms with Crippen molar-refractivity contribution in [2.45, 2.75) is 30.7 Å². The van der Waals surface area contributed by atoms with Crippen LogP contribution in [0.15, 0.2) is 48.6 Å². The Balaban J connectivity index is 1.64. The van der Waals surface area contributed by atoms with Crippen molar-refractivity contribution in [3.63, 3.8) is 0 Å². The number of nitrogens with zero attached hydrogens (tertiary/aromatic N) is 2. The number of aliphatic hydroxyl groups is 1. The summed E-state index contributed by atoms with van der Waals surface area (Å²) in [6, 6.07) is 5.17. The third-order valence-electron chi connectivity index (χ3n) is 6.73. The monoisotopic (exact) mass is 458 g/mol. The molecule has 168 valence electrons. The number of likely N-dealkylation sites (tertiary alicyclic amines) is 1. The Morgan fingerprint density at radius 1 is 1.19 bits per heavy atom. The highest BCUT2D eigenvalue weighted by Crippen LogP contribution is 2.53. The van der Waals surface area contributed by atoms with Gasteiger partial charge in [-0.25, -0.2) is 0 Å². The lowest BCUT2D eigenvalue weighted by Gasteiger charge is -2.37. The lowest BCUT2D eigenvalue weighted by molar-refractivity contribution is -0.153. The highest BCUT2D eigenvalue weighted by molar-refractivity contribution is 6.30. The van der Waals surface area contributed by atoms with Crippen LogP contribution in [0, 0.1) is 11.8 Å². The Morgan fingerprint density at radius 3 is 2.66 bits per heavy atom. The second-order valence-corrected chi connectivity index (χ2v) is 8.94. The number of anilines is 1. The van der Waals surface area contributed by atoms with Crippen molar-refractivity contribution in [2.24, 2.45) is 11.8 Å². The fourth-order valence-electron chi connectivity index (χ4n) is 5.32. The van der Waals surface area contributed by atoms with E-state index < -0.39 is 47.5 Å². The van der Waals surface area contributed by atoms with Crippen molar-refractivity contribution in [1.82, 2.24) is 4.90 Å². The van der Waals surface area contributed by atoms with Gasteiger partial charge in [0, 0.05) is 17.3 Å². The van der Waals surface area contributed by atoms with Crippen LogP contribution in [-0.4, -0.2) is 71.3 Å². The normalized spacial score (nSPS) is 34.5. The molecule has 0 radical (unpaired) electrons. The fraction of sp³-hybridized carbons (Fsp3) is 0.435. The molecule has 6 atom stereocenters. The first-order valence-electron chi connectivity index (χ1n) is 10.6. The van der Waals surface area contributed by atoms with E-state index in [1.807, 2.05) is 0 Å². The number of benzene rings is 1. The van der Waals surface area contributed by atoms with E-state index in [-0.39, 0.29) is 25.7 Å². The predicted molar refractivity (Wildman–Crippen MR) is 115 cm³/mol. The van der Waals surface area contributed by atoms with Crippen LogP contribution < -0.4 is 4.90 Å². The number of aliphatic hydroxyl groups excluding tert-OH is 1. The Morgan fingerprint density at radius 2 is 1.94 bits per heavy atom. The summed E-state index contributed by atoms with van der Waals surface area (Å²) in [5.41, 5.74) is -0.713. The van der Waals surface area contributed by atoms with Crippen LogP contribution in [0.3, 0.4) is 0 Å². The van der Waals surface area contributed by atoms with Gasteiger partial charge in [-0.2, -0.15) is 0 Å². The zero-order valence-corrected chi connectivity index (χ0v) is 18.1. The zero-order valence-electron chi connectivity index (χ0n) is 17.4. The molecule has 2 saturated heterocycles. The molecule has 0 aliphatic carbocycles. The van der Waals surface area contributed by atoms with E-state index in [4.69, 9.17) is 21.1 Å². The summed E-state index contributed by atoms with van der Waals surface area (Å²) in [6.07, 6.45) is 6.28. The second-order valence-electron chi connectivity index (χ2n) is 8.50. The molecule has 4 aliphatic rings. The van der Waals surface area contributed by atoms with Crippen molar-refractivity contribution in [3.8, 4) is 0 Å². The average Bonchev–Trinajstić information content (AvgIpc) is 3.09. The van der Waals surface area contributed by atoms with E-state index in [0.717, 1.165) is 0 Å². The molecule has 2 unspecified atom stereocenters. The smallest absolute Gasteiger partial charge is 0.313 e. The molecule has 0 bridgehead atoms. The number of hydrogen-bond donors (Lipinski definition) is 1. The lowest BCUT2D eigenvalue weighted by atomic mass is 9.78.